The Kier molecular flexibility index (Phi) is 5.13. The minimum atomic E-state index is -4.61. The number of nitrogens with zero attached hydrogens (tertiary/aromatic N) is 5. The van der Waals surface area contributed by atoms with Gasteiger partial charge in [-0.2, -0.15) is 18.3 Å². The fraction of sp³-hybridized carbons (Fsp3) is 0.211. The van der Waals surface area contributed by atoms with Crippen molar-refractivity contribution >= 4 is 34.9 Å². The summed E-state index contributed by atoms with van der Waals surface area (Å²) in [5.41, 5.74) is -0.798. The van der Waals surface area contributed by atoms with Gasteiger partial charge in [0.15, 0.2) is 5.82 Å². The Bertz CT molecular complexity index is 1170. The highest BCUT2D eigenvalue weighted by Crippen LogP contribution is 2.37. The van der Waals surface area contributed by atoms with E-state index in [4.69, 9.17) is 11.6 Å². The first-order valence-corrected chi connectivity index (χ1v) is 9.38. The third kappa shape index (κ3) is 3.83. The van der Waals surface area contributed by atoms with Crippen molar-refractivity contribution in [2.45, 2.75) is 19.1 Å². The van der Waals surface area contributed by atoms with Crippen molar-refractivity contribution in [3.63, 3.8) is 0 Å². The number of hydrogen-bond acceptors (Lipinski definition) is 5. The lowest BCUT2D eigenvalue weighted by atomic mass is 10.1. The zero-order chi connectivity index (χ0) is 22.3. The minimum absolute atomic E-state index is 0.00483. The number of fused-ring (bicyclic) bond motifs is 1. The molecule has 0 spiro atoms. The van der Waals surface area contributed by atoms with Crippen LogP contribution < -0.4 is 10.2 Å². The van der Waals surface area contributed by atoms with Gasteiger partial charge in [-0.1, -0.05) is 11.6 Å². The number of carbonyl (C=O) groups is 2. The molecule has 31 heavy (non-hydrogen) atoms. The van der Waals surface area contributed by atoms with Crippen LogP contribution in [0.4, 0.5) is 24.7 Å². The number of anilines is 2. The SMILES string of the molecule is C[C@H]1CN(c2ccc(C(F)(F)F)c(Cl)c2)C(=O)c2c(C(=O)Nc3cnccn3)cnn21. The van der Waals surface area contributed by atoms with Gasteiger partial charge in [0.05, 0.1) is 34.6 Å². The van der Waals surface area contributed by atoms with Gasteiger partial charge < -0.3 is 10.2 Å². The molecule has 1 atom stereocenters. The van der Waals surface area contributed by atoms with Gasteiger partial charge >= 0.3 is 6.18 Å². The van der Waals surface area contributed by atoms with Crippen molar-refractivity contribution < 1.29 is 22.8 Å². The van der Waals surface area contributed by atoms with Crippen LogP contribution in [-0.4, -0.2) is 38.1 Å². The Morgan fingerprint density at radius 3 is 2.68 bits per heavy atom. The topological polar surface area (TPSA) is 93.0 Å². The molecule has 160 valence electrons. The van der Waals surface area contributed by atoms with Gasteiger partial charge in [-0.3, -0.25) is 19.3 Å². The molecular weight excluding hydrogens is 437 g/mol. The molecule has 1 aliphatic rings. The molecule has 2 amide bonds. The summed E-state index contributed by atoms with van der Waals surface area (Å²) in [6.07, 6.45) is 0.828. The molecule has 0 saturated heterocycles. The lowest BCUT2D eigenvalue weighted by molar-refractivity contribution is -0.137. The van der Waals surface area contributed by atoms with Crippen molar-refractivity contribution in [2.75, 3.05) is 16.8 Å². The van der Waals surface area contributed by atoms with E-state index >= 15 is 0 Å². The first kappa shape index (κ1) is 20.8. The number of aromatic nitrogens is 4. The van der Waals surface area contributed by atoms with E-state index in [0.717, 1.165) is 12.1 Å². The van der Waals surface area contributed by atoms with Gasteiger partial charge in [-0.05, 0) is 25.1 Å². The van der Waals surface area contributed by atoms with E-state index in [0.29, 0.717) is 0 Å². The number of nitrogens with one attached hydrogen (secondary N) is 1. The summed E-state index contributed by atoms with van der Waals surface area (Å²) in [7, 11) is 0. The molecule has 1 aromatic carbocycles. The zero-order valence-corrected chi connectivity index (χ0v) is 16.6. The molecule has 12 heteroatoms. The maximum absolute atomic E-state index is 13.2. The van der Waals surface area contributed by atoms with Gasteiger partial charge in [0.2, 0.25) is 0 Å². The highest BCUT2D eigenvalue weighted by molar-refractivity contribution is 6.32. The third-order valence-electron chi connectivity index (χ3n) is 4.73. The van der Waals surface area contributed by atoms with Gasteiger partial charge in [0.1, 0.15) is 5.69 Å². The average molecular weight is 451 g/mol. The number of rotatable bonds is 3. The molecule has 8 nitrogen and oxygen atoms in total. The summed E-state index contributed by atoms with van der Waals surface area (Å²) >= 11 is 5.82. The van der Waals surface area contributed by atoms with Crippen LogP contribution in [0.5, 0.6) is 0 Å². The molecule has 0 radical (unpaired) electrons. The number of benzene rings is 1. The lowest BCUT2D eigenvalue weighted by Crippen LogP contribution is -2.43. The molecule has 0 aliphatic carbocycles. The second kappa shape index (κ2) is 7.65. The molecule has 1 N–H and O–H groups in total. The molecule has 0 bridgehead atoms. The van der Waals surface area contributed by atoms with Crippen LogP contribution >= 0.6 is 11.6 Å². The van der Waals surface area contributed by atoms with Crippen LogP contribution in [-0.2, 0) is 6.18 Å². The van der Waals surface area contributed by atoms with Gasteiger partial charge in [-0.25, -0.2) is 4.98 Å². The molecule has 1 aliphatic heterocycles. The Labute approximate surface area is 178 Å². The smallest absolute Gasteiger partial charge is 0.305 e. The van der Waals surface area contributed by atoms with Crippen LogP contribution in [0.1, 0.15) is 39.4 Å². The molecule has 4 rings (SSSR count). The van der Waals surface area contributed by atoms with E-state index in [1.54, 1.807) is 6.92 Å². The molecule has 2 aromatic heterocycles. The molecule has 3 aromatic rings. The van der Waals surface area contributed by atoms with Crippen LogP contribution in [0.2, 0.25) is 5.02 Å². The minimum Gasteiger partial charge on any atom is -0.305 e. The third-order valence-corrected chi connectivity index (χ3v) is 5.04. The number of hydrogen-bond donors (Lipinski definition) is 1. The van der Waals surface area contributed by atoms with Crippen LogP contribution in [0.3, 0.4) is 0 Å². The normalized spacial score (nSPS) is 16.2. The predicted molar refractivity (Wildman–Crippen MR) is 105 cm³/mol. The average Bonchev–Trinajstić information content (AvgIpc) is 3.17. The summed E-state index contributed by atoms with van der Waals surface area (Å²) in [5, 5.41) is 6.15. The fourth-order valence-electron chi connectivity index (χ4n) is 3.30. The van der Waals surface area contributed by atoms with Crippen LogP contribution in [0, 0.1) is 0 Å². The number of alkyl halides is 3. The van der Waals surface area contributed by atoms with E-state index in [1.807, 2.05) is 0 Å². The van der Waals surface area contributed by atoms with E-state index < -0.39 is 28.6 Å². The van der Waals surface area contributed by atoms with E-state index in [1.165, 1.54) is 40.4 Å². The lowest BCUT2D eigenvalue weighted by Gasteiger charge is -2.32. The van der Waals surface area contributed by atoms with E-state index in [2.05, 4.69) is 20.4 Å². The zero-order valence-electron chi connectivity index (χ0n) is 15.9. The Hall–Kier alpha value is -3.47. The Balaban J connectivity index is 1.68. The maximum Gasteiger partial charge on any atom is 0.417 e. The highest BCUT2D eigenvalue weighted by atomic mass is 35.5. The predicted octanol–water partition coefficient (Wildman–Crippen LogP) is 3.82. The standard InChI is InChI=1S/C19H14ClF3N6O2/c1-10-9-28(11-2-3-13(14(20)6-11)19(21,22)23)18(31)16-12(7-26-29(10)16)17(30)27-15-8-24-4-5-25-15/h2-8,10H,9H2,1H3,(H,25,27,30)/t10-/m0/s1. The summed E-state index contributed by atoms with van der Waals surface area (Å²) < 4.78 is 40.4. The molecule has 3 heterocycles. The van der Waals surface area contributed by atoms with Gasteiger partial charge in [0, 0.05) is 24.6 Å². The molecule has 0 saturated carbocycles. The maximum atomic E-state index is 13.2. The van der Waals surface area contributed by atoms with Crippen molar-refractivity contribution in [1.82, 2.24) is 19.7 Å². The van der Waals surface area contributed by atoms with Crippen LogP contribution in [0.15, 0.2) is 43.0 Å². The Morgan fingerprint density at radius 2 is 2.03 bits per heavy atom. The quantitative estimate of drug-likeness (QED) is 0.655. The largest absolute Gasteiger partial charge is 0.417 e. The van der Waals surface area contributed by atoms with Crippen molar-refractivity contribution in [2.24, 2.45) is 0 Å². The summed E-state index contributed by atoms with van der Waals surface area (Å²) in [6, 6.07) is 2.74. The summed E-state index contributed by atoms with van der Waals surface area (Å²) in [4.78, 5) is 35.0. The summed E-state index contributed by atoms with van der Waals surface area (Å²) in [5.74, 6) is -1.01. The van der Waals surface area contributed by atoms with Crippen molar-refractivity contribution in [1.29, 1.82) is 0 Å². The molecule has 0 fully saturated rings. The van der Waals surface area contributed by atoms with E-state index in [9.17, 15) is 22.8 Å². The number of halogens is 4. The first-order chi connectivity index (χ1) is 14.7. The first-order valence-electron chi connectivity index (χ1n) is 9.00. The molecule has 0 unspecified atom stereocenters. The number of amides is 2. The van der Waals surface area contributed by atoms with Gasteiger partial charge in [0.25, 0.3) is 11.8 Å². The highest BCUT2D eigenvalue weighted by Gasteiger charge is 2.37. The second-order valence-corrected chi connectivity index (χ2v) is 7.23. The van der Waals surface area contributed by atoms with Crippen LogP contribution in [0.25, 0.3) is 0 Å². The Morgan fingerprint density at radius 1 is 1.26 bits per heavy atom. The van der Waals surface area contributed by atoms with Gasteiger partial charge in [-0.15, -0.1) is 0 Å². The fourth-order valence-corrected chi connectivity index (χ4v) is 3.58. The number of carbonyl (C=O) groups excluding carboxylic acids is 2. The van der Waals surface area contributed by atoms with E-state index in [-0.39, 0.29) is 35.3 Å². The summed E-state index contributed by atoms with van der Waals surface area (Å²) in [6.45, 7) is 1.91. The molecular formula is C19H14ClF3N6O2. The monoisotopic (exact) mass is 450 g/mol. The van der Waals surface area contributed by atoms with Crippen molar-refractivity contribution in [3.8, 4) is 0 Å². The van der Waals surface area contributed by atoms with Crippen molar-refractivity contribution in [3.05, 3.63) is 64.8 Å². The second-order valence-electron chi connectivity index (χ2n) is 6.82.